The summed E-state index contributed by atoms with van der Waals surface area (Å²) in [4.78, 5) is 39.5. The first-order chi connectivity index (χ1) is 20.9. The second-order valence-electron chi connectivity index (χ2n) is 10.9. The van der Waals surface area contributed by atoms with Crippen molar-refractivity contribution in [2.24, 2.45) is 7.05 Å². The molecule has 5 aromatic rings. The maximum absolute atomic E-state index is 14.1. The number of nitrogens with zero attached hydrogens (tertiary/aromatic N) is 5. The minimum atomic E-state index is -0.284. The SMILES string of the molecule is Cc1ccc2c(c1)c(C(=O)N1CCN(c3cnc(C(=O)NCCc4ccc(O)cc4)cn3)CC1)c(-c1ccccc1)n2C. The van der Waals surface area contributed by atoms with Gasteiger partial charge in [0.15, 0.2) is 0 Å². The number of nitrogens with one attached hydrogen (secondary N) is 1. The van der Waals surface area contributed by atoms with Crippen LogP contribution in [0.25, 0.3) is 22.2 Å². The van der Waals surface area contributed by atoms with E-state index in [1.54, 1.807) is 18.3 Å². The van der Waals surface area contributed by atoms with E-state index in [1.165, 1.54) is 6.20 Å². The lowest BCUT2D eigenvalue weighted by molar-refractivity contribution is 0.0748. The molecule has 2 amide bonds. The summed E-state index contributed by atoms with van der Waals surface area (Å²) >= 11 is 0. The highest BCUT2D eigenvalue weighted by atomic mass is 16.3. The fourth-order valence-electron chi connectivity index (χ4n) is 5.68. The lowest BCUT2D eigenvalue weighted by atomic mass is 10.0. The molecule has 6 rings (SSSR count). The number of aromatic nitrogens is 3. The van der Waals surface area contributed by atoms with Gasteiger partial charge in [0.1, 0.15) is 17.3 Å². The lowest BCUT2D eigenvalue weighted by Crippen LogP contribution is -2.49. The largest absolute Gasteiger partial charge is 0.508 e. The molecule has 1 saturated heterocycles. The minimum Gasteiger partial charge on any atom is -0.508 e. The van der Waals surface area contributed by atoms with E-state index in [0.717, 1.165) is 38.9 Å². The number of carbonyl (C=O) groups is 2. The van der Waals surface area contributed by atoms with Crippen molar-refractivity contribution in [1.29, 1.82) is 0 Å². The van der Waals surface area contributed by atoms with Gasteiger partial charge in [-0.3, -0.25) is 9.59 Å². The van der Waals surface area contributed by atoms with E-state index in [2.05, 4.69) is 49.9 Å². The maximum atomic E-state index is 14.1. The number of fused-ring (bicyclic) bond motifs is 1. The van der Waals surface area contributed by atoms with Crippen LogP contribution in [0.1, 0.15) is 32.0 Å². The van der Waals surface area contributed by atoms with Gasteiger partial charge in [-0.25, -0.2) is 9.97 Å². The Kier molecular flexibility index (Phi) is 7.79. The topological polar surface area (TPSA) is 104 Å². The van der Waals surface area contributed by atoms with Gasteiger partial charge in [-0.05, 0) is 48.7 Å². The van der Waals surface area contributed by atoms with Gasteiger partial charge in [-0.1, -0.05) is 54.1 Å². The summed E-state index contributed by atoms with van der Waals surface area (Å²) in [6, 6.07) is 23.3. The highest BCUT2D eigenvalue weighted by molar-refractivity contribution is 6.13. The number of hydrogen-bond acceptors (Lipinski definition) is 6. The third kappa shape index (κ3) is 5.79. The number of piperazine rings is 1. The van der Waals surface area contributed by atoms with Gasteiger partial charge in [0.2, 0.25) is 0 Å². The van der Waals surface area contributed by atoms with E-state index < -0.39 is 0 Å². The molecule has 3 aromatic carbocycles. The van der Waals surface area contributed by atoms with E-state index in [4.69, 9.17) is 0 Å². The molecule has 0 atom stereocenters. The fourth-order valence-corrected chi connectivity index (χ4v) is 5.68. The second-order valence-corrected chi connectivity index (χ2v) is 10.9. The Morgan fingerprint density at radius 1 is 0.907 bits per heavy atom. The van der Waals surface area contributed by atoms with E-state index in [9.17, 15) is 14.7 Å². The summed E-state index contributed by atoms with van der Waals surface area (Å²) < 4.78 is 2.12. The van der Waals surface area contributed by atoms with Crippen LogP contribution in [0.15, 0.2) is 85.2 Å². The van der Waals surface area contributed by atoms with Crippen LogP contribution in [0.5, 0.6) is 5.75 Å². The normalized spacial score (nSPS) is 13.3. The van der Waals surface area contributed by atoms with Gasteiger partial charge in [-0.2, -0.15) is 0 Å². The number of phenolic OH excluding ortho intramolecular Hbond substituents is 1. The molecule has 1 aliphatic rings. The molecule has 0 saturated carbocycles. The average molecular weight is 575 g/mol. The van der Waals surface area contributed by atoms with Crippen LogP contribution >= 0.6 is 0 Å². The van der Waals surface area contributed by atoms with Crippen molar-refractivity contribution in [3.8, 4) is 17.0 Å². The molecule has 0 radical (unpaired) electrons. The third-order valence-electron chi connectivity index (χ3n) is 8.01. The molecular weight excluding hydrogens is 540 g/mol. The predicted molar refractivity (Wildman–Crippen MR) is 167 cm³/mol. The van der Waals surface area contributed by atoms with Crippen molar-refractivity contribution in [1.82, 2.24) is 24.8 Å². The third-order valence-corrected chi connectivity index (χ3v) is 8.01. The Balaban J connectivity index is 1.11. The molecule has 218 valence electrons. The van der Waals surface area contributed by atoms with Gasteiger partial charge >= 0.3 is 0 Å². The van der Waals surface area contributed by atoms with Crippen molar-refractivity contribution in [3.63, 3.8) is 0 Å². The van der Waals surface area contributed by atoms with Crippen LogP contribution in [0.4, 0.5) is 5.82 Å². The highest BCUT2D eigenvalue weighted by Crippen LogP contribution is 2.35. The van der Waals surface area contributed by atoms with Crippen LogP contribution in [0.2, 0.25) is 0 Å². The van der Waals surface area contributed by atoms with E-state index in [-0.39, 0.29) is 23.3 Å². The van der Waals surface area contributed by atoms with Crippen LogP contribution in [0, 0.1) is 6.92 Å². The van der Waals surface area contributed by atoms with Crippen LogP contribution in [-0.2, 0) is 13.5 Å². The Bertz CT molecular complexity index is 1760. The molecule has 2 aromatic heterocycles. The Labute approximate surface area is 250 Å². The molecule has 0 aliphatic carbocycles. The molecule has 9 heteroatoms. The molecular formula is C34H34N6O3. The summed E-state index contributed by atoms with van der Waals surface area (Å²) in [7, 11) is 2.02. The Morgan fingerprint density at radius 2 is 1.65 bits per heavy atom. The minimum absolute atomic E-state index is 0.0279. The van der Waals surface area contributed by atoms with Gasteiger partial charge in [-0.15, -0.1) is 0 Å². The number of carbonyl (C=O) groups excluding carboxylic acids is 2. The van der Waals surface area contributed by atoms with E-state index in [0.29, 0.717) is 45.0 Å². The predicted octanol–water partition coefficient (Wildman–Crippen LogP) is 4.58. The van der Waals surface area contributed by atoms with Crippen molar-refractivity contribution in [2.75, 3.05) is 37.6 Å². The average Bonchev–Trinajstić information content (AvgIpc) is 3.33. The number of rotatable bonds is 7. The summed E-state index contributed by atoms with van der Waals surface area (Å²) in [5.41, 5.74) is 6.10. The first-order valence-corrected chi connectivity index (χ1v) is 14.5. The number of amides is 2. The van der Waals surface area contributed by atoms with Crippen molar-refractivity contribution in [2.45, 2.75) is 13.3 Å². The van der Waals surface area contributed by atoms with Crippen molar-refractivity contribution >= 4 is 28.5 Å². The van der Waals surface area contributed by atoms with E-state index in [1.807, 2.05) is 54.4 Å². The number of aryl methyl sites for hydroxylation is 2. The second kappa shape index (κ2) is 12.0. The zero-order chi connectivity index (χ0) is 29.9. The lowest BCUT2D eigenvalue weighted by Gasteiger charge is -2.35. The monoisotopic (exact) mass is 574 g/mol. The molecule has 0 spiro atoms. The molecule has 1 aliphatic heterocycles. The Hall–Kier alpha value is -5.18. The molecule has 0 unspecified atom stereocenters. The first kappa shape index (κ1) is 28.0. The smallest absolute Gasteiger partial charge is 0.271 e. The molecule has 2 N–H and O–H groups in total. The van der Waals surface area contributed by atoms with Gasteiger partial charge < -0.3 is 24.8 Å². The standard InChI is InChI=1S/C34H34N6O3/c1-23-8-13-29-27(20-23)31(32(38(29)2)25-6-4-3-5-7-25)34(43)40-18-16-39(17-19-40)30-22-36-28(21-37-30)33(42)35-15-14-24-9-11-26(41)12-10-24/h3-13,20-22,41H,14-19H2,1-2H3,(H,35,42). The van der Waals surface area contributed by atoms with Crippen LogP contribution < -0.4 is 10.2 Å². The first-order valence-electron chi connectivity index (χ1n) is 14.5. The molecule has 3 heterocycles. The summed E-state index contributed by atoms with van der Waals surface area (Å²) in [5, 5.41) is 13.2. The fraction of sp³-hybridized carbons (Fsp3) is 0.235. The van der Waals surface area contributed by atoms with Gasteiger partial charge in [0, 0.05) is 50.7 Å². The van der Waals surface area contributed by atoms with Crippen molar-refractivity contribution < 1.29 is 14.7 Å². The number of benzene rings is 3. The number of anilines is 1. The number of aromatic hydroxyl groups is 1. The van der Waals surface area contributed by atoms with Gasteiger partial charge in [0.25, 0.3) is 11.8 Å². The summed E-state index contributed by atoms with van der Waals surface area (Å²) in [6.45, 7) is 4.83. The summed E-state index contributed by atoms with van der Waals surface area (Å²) in [6.07, 6.45) is 3.76. The number of phenols is 1. The summed E-state index contributed by atoms with van der Waals surface area (Å²) in [5.74, 6) is 0.639. The zero-order valence-electron chi connectivity index (χ0n) is 24.3. The molecule has 9 nitrogen and oxygen atoms in total. The highest BCUT2D eigenvalue weighted by Gasteiger charge is 2.29. The number of hydrogen-bond donors (Lipinski definition) is 2. The molecule has 0 bridgehead atoms. The van der Waals surface area contributed by atoms with E-state index >= 15 is 0 Å². The zero-order valence-corrected chi connectivity index (χ0v) is 24.3. The molecule has 1 fully saturated rings. The van der Waals surface area contributed by atoms with Gasteiger partial charge in [0.05, 0.1) is 23.7 Å². The maximum Gasteiger partial charge on any atom is 0.271 e. The van der Waals surface area contributed by atoms with Crippen LogP contribution in [0.3, 0.4) is 0 Å². The Morgan fingerprint density at radius 3 is 2.35 bits per heavy atom. The van der Waals surface area contributed by atoms with Crippen LogP contribution in [-0.4, -0.2) is 69.1 Å². The van der Waals surface area contributed by atoms with Crippen molar-refractivity contribution in [3.05, 3.63) is 108 Å². The molecule has 43 heavy (non-hydrogen) atoms. The quantitative estimate of drug-likeness (QED) is 0.295.